The fourth-order valence-corrected chi connectivity index (χ4v) is 2.45. The zero-order chi connectivity index (χ0) is 19.3. The van der Waals surface area contributed by atoms with Crippen molar-refractivity contribution < 1.29 is 14.7 Å². The number of nitrogens with two attached hydrogens (primary N) is 1. The first kappa shape index (κ1) is 19.0. The lowest BCUT2D eigenvalue weighted by Gasteiger charge is -2.25. The molecule has 0 heterocycles. The van der Waals surface area contributed by atoms with Gasteiger partial charge in [0, 0.05) is 37.5 Å². The van der Waals surface area contributed by atoms with E-state index in [-0.39, 0.29) is 18.3 Å². The van der Waals surface area contributed by atoms with E-state index in [9.17, 15) is 9.59 Å². The Hall–Kier alpha value is -3.35. The summed E-state index contributed by atoms with van der Waals surface area (Å²) in [6.45, 7) is 0. The molecular formula is C19H22N4O3. The summed E-state index contributed by atoms with van der Waals surface area (Å²) < 4.78 is 0. The van der Waals surface area contributed by atoms with Gasteiger partial charge in [-0.2, -0.15) is 0 Å². The highest BCUT2D eigenvalue weighted by molar-refractivity contribution is 6.03. The number of benzene rings is 2. The van der Waals surface area contributed by atoms with Crippen LogP contribution in [-0.4, -0.2) is 37.0 Å². The number of nitrogen functional groups attached to an aromatic ring is 1. The number of nitrogens with one attached hydrogen (secondary N) is 1. The number of carboxylic acids is 1. The third kappa shape index (κ3) is 4.60. The molecule has 0 saturated heterocycles. The van der Waals surface area contributed by atoms with Gasteiger partial charge in [0.05, 0.1) is 0 Å². The molecule has 0 aliphatic rings. The van der Waals surface area contributed by atoms with Gasteiger partial charge in [-0.15, -0.1) is 0 Å². The van der Waals surface area contributed by atoms with Crippen LogP contribution in [0.25, 0.3) is 0 Å². The summed E-state index contributed by atoms with van der Waals surface area (Å²) in [7, 11) is 3.35. The van der Waals surface area contributed by atoms with Crippen LogP contribution in [0.3, 0.4) is 0 Å². The highest BCUT2D eigenvalue weighted by atomic mass is 16.4. The number of amides is 2. The van der Waals surface area contributed by atoms with Gasteiger partial charge >= 0.3 is 12.0 Å². The van der Waals surface area contributed by atoms with E-state index in [4.69, 9.17) is 16.2 Å². The number of aliphatic carboxylic acids is 1. The molecule has 0 unspecified atom stereocenters. The Morgan fingerprint density at radius 1 is 0.962 bits per heavy atom. The second kappa shape index (κ2) is 8.15. The molecule has 2 amide bonds. The lowest BCUT2D eigenvalue weighted by molar-refractivity contribution is -0.136. The fourth-order valence-electron chi connectivity index (χ4n) is 2.45. The zero-order valence-corrected chi connectivity index (χ0v) is 14.8. The van der Waals surface area contributed by atoms with Crippen LogP contribution in [0.15, 0.2) is 48.5 Å². The highest BCUT2D eigenvalue weighted by Crippen LogP contribution is 2.20. The van der Waals surface area contributed by atoms with E-state index < -0.39 is 5.97 Å². The van der Waals surface area contributed by atoms with Crippen LogP contribution < -0.4 is 15.5 Å². The van der Waals surface area contributed by atoms with Crippen molar-refractivity contribution >= 4 is 29.2 Å². The van der Waals surface area contributed by atoms with E-state index in [0.29, 0.717) is 23.4 Å². The highest BCUT2D eigenvalue weighted by Gasteiger charge is 2.17. The Balaban J connectivity index is 2.07. The third-order valence-electron chi connectivity index (χ3n) is 4.09. The molecule has 0 bridgehead atoms. The first-order chi connectivity index (χ1) is 12.3. The molecule has 2 aromatic carbocycles. The van der Waals surface area contributed by atoms with Crippen LogP contribution >= 0.6 is 0 Å². The second-order valence-electron chi connectivity index (χ2n) is 5.92. The molecule has 0 fully saturated rings. The number of rotatable bonds is 6. The minimum Gasteiger partial charge on any atom is -0.481 e. The summed E-state index contributed by atoms with van der Waals surface area (Å²) in [6, 6.07) is 13.9. The van der Waals surface area contributed by atoms with Crippen molar-refractivity contribution in [3.8, 4) is 0 Å². The Kier molecular flexibility index (Phi) is 5.95. The smallest absolute Gasteiger partial charge is 0.328 e. The van der Waals surface area contributed by atoms with Crippen molar-refractivity contribution in [2.45, 2.75) is 12.8 Å². The molecule has 26 heavy (non-hydrogen) atoms. The van der Waals surface area contributed by atoms with Gasteiger partial charge in [0.25, 0.3) is 0 Å². The minimum atomic E-state index is -0.834. The summed E-state index contributed by atoms with van der Waals surface area (Å²) >= 11 is 0. The maximum absolute atomic E-state index is 12.7. The van der Waals surface area contributed by atoms with Crippen LogP contribution in [0.4, 0.5) is 16.2 Å². The topological polar surface area (TPSA) is 111 Å². The molecule has 7 nitrogen and oxygen atoms in total. The van der Waals surface area contributed by atoms with Gasteiger partial charge in [-0.1, -0.05) is 12.1 Å². The van der Waals surface area contributed by atoms with Gasteiger partial charge in [-0.25, -0.2) is 4.79 Å². The second-order valence-corrected chi connectivity index (χ2v) is 5.92. The molecule has 0 aromatic heterocycles. The predicted octanol–water partition coefficient (Wildman–Crippen LogP) is 2.68. The van der Waals surface area contributed by atoms with Gasteiger partial charge in [0.15, 0.2) is 0 Å². The van der Waals surface area contributed by atoms with Crippen molar-refractivity contribution in [1.82, 2.24) is 0 Å². The van der Waals surface area contributed by atoms with Crippen molar-refractivity contribution in [1.29, 1.82) is 5.41 Å². The molecule has 0 aliphatic carbocycles. The molecule has 2 aromatic rings. The monoisotopic (exact) mass is 354 g/mol. The Bertz CT molecular complexity index is 801. The number of carbonyl (C=O) groups is 2. The number of amidine groups is 1. The largest absolute Gasteiger partial charge is 0.481 e. The van der Waals surface area contributed by atoms with Crippen LogP contribution in [-0.2, 0) is 11.2 Å². The molecule has 7 heteroatoms. The van der Waals surface area contributed by atoms with E-state index >= 15 is 0 Å². The van der Waals surface area contributed by atoms with Crippen LogP contribution in [0.1, 0.15) is 17.5 Å². The van der Waals surface area contributed by atoms with Crippen molar-refractivity contribution in [2.24, 2.45) is 5.73 Å². The van der Waals surface area contributed by atoms with Crippen LogP contribution in [0.2, 0.25) is 0 Å². The maximum atomic E-state index is 12.7. The molecule has 2 rings (SSSR count). The molecule has 4 N–H and O–H groups in total. The maximum Gasteiger partial charge on any atom is 0.328 e. The number of hydrogen-bond acceptors (Lipinski definition) is 3. The zero-order valence-electron chi connectivity index (χ0n) is 14.8. The van der Waals surface area contributed by atoms with Crippen LogP contribution in [0, 0.1) is 5.41 Å². The quantitative estimate of drug-likeness (QED) is 0.547. The predicted molar refractivity (Wildman–Crippen MR) is 102 cm³/mol. The number of aryl methyl sites for hydroxylation is 1. The lowest BCUT2D eigenvalue weighted by atomic mass is 10.1. The number of anilines is 2. The minimum absolute atomic E-state index is 0.0226. The van der Waals surface area contributed by atoms with Gasteiger partial charge in [0.2, 0.25) is 0 Å². The van der Waals surface area contributed by atoms with Crippen molar-refractivity contribution in [2.75, 3.05) is 23.9 Å². The average molecular weight is 354 g/mol. The summed E-state index contributed by atoms with van der Waals surface area (Å²) in [5.41, 5.74) is 8.34. The SMILES string of the molecule is CN(C(=O)N(C)c1ccc(C(=N)N)cc1)c1ccc(CCC(=O)O)cc1. The van der Waals surface area contributed by atoms with Gasteiger partial charge in [-0.3, -0.25) is 20.0 Å². The fraction of sp³-hybridized carbons (Fsp3) is 0.211. The molecule has 0 saturated carbocycles. The van der Waals surface area contributed by atoms with E-state index in [1.54, 1.807) is 50.5 Å². The first-order valence-electron chi connectivity index (χ1n) is 8.06. The number of carboxylic acid groups (broad SMARTS) is 1. The average Bonchev–Trinajstić information content (AvgIpc) is 2.65. The molecule has 0 aliphatic heterocycles. The molecule has 0 radical (unpaired) electrons. The Labute approximate surface area is 152 Å². The number of hydrogen-bond donors (Lipinski definition) is 3. The first-order valence-corrected chi connectivity index (χ1v) is 8.06. The normalized spacial score (nSPS) is 10.2. The molecule has 0 spiro atoms. The van der Waals surface area contributed by atoms with Crippen molar-refractivity contribution in [3.05, 3.63) is 59.7 Å². The Morgan fingerprint density at radius 2 is 1.42 bits per heavy atom. The standard InChI is InChI=1S/C19H22N4O3/c1-22(15-8-3-13(4-9-15)5-12-17(24)25)19(26)23(2)16-10-6-14(7-11-16)18(20)21/h3-4,6-11H,5,12H2,1-2H3,(H3,20,21)(H,24,25). The molecule has 0 atom stereocenters. The van der Waals surface area contributed by atoms with Gasteiger partial charge < -0.3 is 10.8 Å². The van der Waals surface area contributed by atoms with Crippen LogP contribution in [0.5, 0.6) is 0 Å². The van der Waals surface area contributed by atoms with E-state index in [1.807, 2.05) is 12.1 Å². The number of nitrogens with zero attached hydrogens (tertiary/aromatic N) is 2. The summed E-state index contributed by atoms with van der Waals surface area (Å²) in [5.74, 6) is -0.857. The van der Waals surface area contributed by atoms with E-state index in [1.165, 1.54) is 9.80 Å². The number of carbonyl (C=O) groups excluding carboxylic acids is 1. The summed E-state index contributed by atoms with van der Waals surface area (Å²) in [6.07, 6.45) is 0.531. The van der Waals surface area contributed by atoms with E-state index in [0.717, 1.165) is 5.56 Å². The Morgan fingerprint density at radius 3 is 1.85 bits per heavy atom. The van der Waals surface area contributed by atoms with Gasteiger partial charge in [0.1, 0.15) is 5.84 Å². The van der Waals surface area contributed by atoms with E-state index in [2.05, 4.69) is 0 Å². The van der Waals surface area contributed by atoms with Crippen molar-refractivity contribution in [3.63, 3.8) is 0 Å². The third-order valence-corrected chi connectivity index (χ3v) is 4.09. The summed E-state index contributed by atoms with van der Waals surface area (Å²) in [4.78, 5) is 26.3. The molecule has 136 valence electrons. The molecular weight excluding hydrogens is 332 g/mol. The lowest BCUT2D eigenvalue weighted by Crippen LogP contribution is -2.38. The van der Waals surface area contributed by atoms with Gasteiger partial charge in [-0.05, 0) is 48.4 Å². The summed E-state index contributed by atoms with van der Waals surface area (Å²) in [5, 5.41) is 16.1. The number of urea groups is 1.